The molecule has 1 unspecified atom stereocenters. The molecule has 2 heterocycles. The van der Waals surface area contributed by atoms with Crippen LogP contribution in [-0.2, 0) is 13.1 Å². The van der Waals surface area contributed by atoms with Crippen molar-refractivity contribution in [3.63, 3.8) is 0 Å². The number of aliphatic hydroxyl groups is 1. The maximum Gasteiger partial charge on any atom is 0.0845 e. The third kappa shape index (κ3) is 5.09. The first-order chi connectivity index (χ1) is 16.0. The van der Waals surface area contributed by atoms with E-state index in [4.69, 9.17) is 23.2 Å². The monoisotopic (exact) mass is 545 g/mol. The van der Waals surface area contributed by atoms with Gasteiger partial charge in [-0.2, -0.15) is 0 Å². The Morgan fingerprint density at radius 2 is 1.52 bits per heavy atom. The van der Waals surface area contributed by atoms with Gasteiger partial charge in [0, 0.05) is 65.5 Å². The molecule has 3 aromatic carbocycles. The lowest BCUT2D eigenvalue weighted by Gasteiger charge is -2.35. The van der Waals surface area contributed by atoms with Crippen molar-refractivity contribution in [3.8, 4) is 0 Å². The molecule has 4 aromatic rings. The summed E-state index contributed by atoms with van der Waals surface area (Å²) in [6, 6.07) is 20.6. The first-order valence-electron chi connectivity index (χ1n) is 11.2. The lowest BCUT2D eigenvalue weighted by Crippen LogP contribution is -2.48. The Kier molecular flexibility index (Phi) is 6.98. The molecule has 0 saturated carbocycles. The summed E-state index contributed by atoms with van der Waals surface area (Å²) < 4.78 is 3.32. The number of benzene rings is 3. The van der Waals surface area contributed by atoms with Crippen molar-refractivity contribution in [2.75, 3.05) is 32.7 Å². The zero-order valence-corrected chi connectivity index (χ0v) is 21.3. The van der Waals surface area contributed by atoms with E-state index in [0.29, 0.717) is 23.1 Å². The van der Waals surface area contributed by atoms with E-state index in [1.54, 1.807) is 0 Å². The van der Waals surface area contributed by atoms with E-state index in [1.165, 1.54) is 16.3 Å². The summed E-state index contributed by atoms with van der Waals surface area (Å²) in [7, 11) is 0. The predicted molar refractivity (Wildman–Crippen MR) is 141 cm³/mol. The van der Waals surface area contributed by atoms with Crippen LogP contribution in [0.1, 0.15) is 5.56 Å². The van der Waals surface area contributed by atoms with Crippen LogP contribution in [0.5, 0.6) is 0 Å². The Hall–Kier alpha value is -1.60. The molecule has 1 atom stereocenters. The minimum absolute atomic E-state index is 0.436. The molecular weight excluding hydrogens is 521 g/mol. The molecule has 0 amide bonds. The van der Waals surface area contributed by atoms with Crippen LogP contribution in [0, 0.1) is 0 Å². The molecule has 1 saturated heterocycles. The number of aliphatic hydroxyl groups excluding tert-OH is 1. The third-order valence-electron chi connectivity index (χ3n) is 6.45. The van der Waals surface area contributed by atoms with Gasteiger partial charge in [0.15, 0.2) is 0 Å². The van der Waals surface area contributed by atoms with Crippen LogP contribution in [0.15, 0.2) is 65.1 Å². The minimum Gasteiger partial charge on any atom is -0.390 e. The fourth-order valence-corrected chi connectivity index (χ4v) is 5.50. The van der Waals surface area contributed by atoms with Crippen molar-refractivity contribution in [1.82, 2.24) is 14.4 Å². The lowest BCUT2D eigenvalue weighted by atomic mass is 10.2. The van der Waals surface area contributed by atoms with Crippen LogP contribution in [0.25, 0.3) is 21.8 Å². The summed E-state index contributed by atoms with van der Waals surface area (Å²) in [5.41, 5.74) is 3.50. The predicted octanol–water partition coefficient (Wildman–Crippen LogP) is 6.04. The Morgan fingerprint density at radius 1 is 0.788 bits per heavy atom. The van der Waals surface area contributed by atoms with Crippen LogP contribution in [0.3, 0.4) is 0 Å². The van der Waals surface area contributed by atoms with Gasteiger partial charge in [0.1, 0.15) is 0 Å². The molecule has 0 spiro atoms. The number of hydrogen-bond donors (Lipinski definition) is 1. The Labute approximate surface area is 212 Å². The average molecular weight is 547 g/mol. The van der Waals surface area contributed by atoms with E-state index < -0.39 is 6.10 Å². The van der Waals surface area contributed by atoms with E-state index in [0.717, 1.165) is 48.2 Å². The van der Waals surface area contributed by atoms with Crippen LogP contribution in [0.2, 0.25) is 10.0 Å². The van der Waals surface area contributed by atoms with E-state index in [9.17, 15) is 5.11 Å². The number of fused-ring (bicyclic) bond motifs is 3. The first kappa shape index (κ1) is 23.2. The SMILES string of the molecule is OC(CN1CCN(Cc2ccc(Cl)c(Cl)c2)CC1)Cn1c2ccccc2c2cc(Br)ccc21. The lowest BCUT2D eigenvalue weighted by molar-refractivity contribution is 0.0634. The van der Waals surface area contributed by atoms with Gasteiger partial charge in [-0.1, -0.05) is 63.4 Å². The van der Waals surface area contributed by atoms with E-state index in [1.807, 2.05) is 18.2 Å². The quantitative estimate of drug-likeness (QED) is 0.320. The van der Waals surface area contributed by atoms with Gasteiger partial charge in [-0.3, -0.25) is 9.80 Å². The number of β-amino-alcohol motifs (C(OH)–C–C–N with tert-alkyl or cyclic N) is 1. The van der Waals surface area contributed by atoms with Gasteiger partial charge in [0.25, 0.3) is 0 Å². The van der Waals surface area contributed by atoms with Gasteiger partial charge in [0.2, 0.25) is 0 Å². The van der Waals surface area contributed by atoms with Gasteiger partial charge >= 0.3 is 0 Å². The molecule has 4 nitrogen and oxygen atoms in total. The Balaban J connectivity index is 1.22. The number of para-hydroxylation sites is 1. The Morgan fingerprint density at radius 3 is 2.30 bits per heavy atom. The molecule has 0 radical (unpaired) electrons. The standard InChI is InChI=1S/C26H26BrCl2N3O/c27-19-6-8-26-22(14-19)21-3-1-2-4-25(21)32(26)17-20(33)16-31-11-9-30(10-12-31)15-18-5-7-23(28)24(29)13-18/h1-8,13-14,20,33H,9-12,15-17H2. The fraction of sp³-hybridized carbons (Fsp3) is 0.308. The topological polar surface area (TPSA) is 31.6 Å². The third-order valence-corrected chi connectivity index (χ3v) is 7.68. The van der Waals surface area contributed by atoms with Gasteiger partial charge in [-0.25, -0.2) is 0 Å². The summed E-state index contributed by atoms with van der Waals surface area (Å²) in [6.07, 6.45) is -0.436. The number of rotatable bonds is 6. The second-order valence-electron chi connectivity index (χ2n) is 8.77. The molecule has 1 aliphatic rings. The zero-order chi connectivity index (χ0) is 22.9. The molecule has 5 rings (SSSR count). The highest BCUT2D eigenvalue weighted by Gasteiger charge is 2.21. The number of nitrogens with zero attached hydrogens (tertiary/aromatic N) is 3. The van der Waals surface area contributed by atoms with Crippen molar-refractivity contribution in [1.29, 1.82) is 0 Å². The average Bonchev–Trinajstić information content (AvgIpc) is 3.10. The van der Waals surface area contributed by atoms with Crippen molar-refractivity contribution in [2.45, 2.75) is 19.2 Å². The molecule has 0 aliphatic carbocycles. The van der Waals surface area contributed by atoms with Gasteiger partial charge in [-0.05, 0) is 42.0 Å². The fourth-order valence-electron chi connectivity index (χ4n) is 4.82. The number of piperazine rings is 1. The van der Waals surface area contributed by atoms with Gasteiger partial charge < -0.3 is 9.67 Å². The summed E-state index contributed by atoms with van der Waals surface area (Å²) in [5, 5.41) is 14.6. The summed E-state index contributed by atoms with van der Waals surface area (Å²) in [4.78, 5) is 4.79. The smallest absolute Gasteiger partial charge is 0.0845 e. The molecular formula is C26H26BrCl2N3O. The minimum atomic E-state index is -0.436. The second kappa shape index (κ2) is 9.95. The molecule has 1 N–H and O–H groups in total. The first-order valence-corrected chi connectivity index (χ1v) is 12.8. The summed E-state index contributed by atoms with van der Waals surface area (Å²) in [5.74, 6) is 0. The van der Waals surface area contributed by atoms with Crippen LogP contribution in [0.4, 0.5) is 0 Å². The highest BCUT2D eigenvalue weighted by atomic mass is 79.9. The zero-order valence-electron chi connectivity index (χ0n) is 18.2. The van der Waals surface area contributed by atoms with Crippen molar-refractivity contribution in [2.24, 2.45) is 0 Å². The molecule has 0 bridgehead atoms. The summed E-state index contributed by atoms with van der Waals surface area (Å²) in [6.45, 7) is 5.94. The van der Waals surface area contributed by atoms with Gasteiger partial charge in [-0.15, -0.1) is 0 Å². The molecule has 1 aromatic heterocycles. The molecule has 7 heteroatoms. The second-order valence-corrected chi connectivity index (χ2v) is 10.5. The number of hydrogen-bond acceptors (Lipinski definition) is 3. The van der Waals surface area contributed by atoms with E-state index >= 15 is 0 Å². The van der Waals surface area contributed by atoms with E-state index in [-0.39, 0.29) is 0 Å². The summed E-state index contributed by atoms with van der Waals surface area (Å²) >= 11 is 15.8. The number of halogens is 3. The Bertz CT molecular complexity index is 1280. The molecule has 172 valence electrons. The largest absolute Gasteiger partial charge is 0.390 e. The highest BCUT2D eigenvalue weighted by Crippen LogP contribution is 2.31. The molecule has 33 heavy (non-hydrogen) atoms. The number of aromatic nitrogens is 1. The van der Waals surface area contributed by atoms with Crippen LogP contribution < -0.4 is 0 Å². The van der Waals surface area contributed by atoms with Crippen molar-refractivity contribution >= 4 is 60.9 Å². The van der Waals surface area contributed by atoms with E-state index in [2.05, 4.69) is 72.8 Å². The maximum absolute atomic E-state index is 11.0. The van der Waals surface area contributed by atoms with Crippen LogP contribution >= 0.6 is 39.1 Å². The molecule has 1 aliphatic heterocycles. The maximum atomic E-state index is 11.0. The molecule has 1 fully saturated rings. The van der Waals surface area contributed by atoms with Crippen LogP contribution in [-0.4, -0.2) is 58.3 Å². The highest BCUT2D eigenvalue weighted by molar-refractivity contribution is 9.10. The van der Waals surface area contributed by atoms with Crippen molar-refractivity contribution < 1.29 is 5.11 Å². The van der Waals surface area contributed by atoms with Crippen molar-refractivity contribution in [3.05, 3.63) is 80.7 Å². The van der Waals surface area contributed by atoms with Gasteiger partial charge in [0.05, 0.1) is 22.7 Å². The normalized spacial score (nSPS) is 16.6.